The van der Waals surface area contributed by atoms with Crippen molar-refractivity contribution in [3.8, 4) is 0 Å². The van der Waals surface area contributed by atoms with Crippen molar-refractivity contribution in [1.82, 2.24) is 4.90 Å². The summed E-state index contributed by atoms with van der Waals surface area (Å²) in [5, 5.41) is 0. The van der Waals surface area contributed by atoms with Crippen molar-refractivity contribution in [2.45, 2.75) is 271 Å². The van der Waals surface area contributed by atoms with Crippen molar-refractivity contribution in [2.75, 3.05) is 54.2 Å². The van der Waals surface area contributed by atoms with E-state index in [9.17, 15) is 9.59 Å². The quantitative estimate of drug-likeness (QED) is 0.0446. The maximum Gasteiger partial charge on any atom is 0.168 e. The van der Waals surface area contributed by atoms with Gasteiger partial charge in [0.05, 0.1) is 12.7 Å². The van der Waals surface area contributed by atoms with Crippen LogP contribution in [-0.2, 0) is 28.5 Å². The van der Waals surface area contributed by atoms with Crippen molar-refractivity contribution in [1.29, 1.82) is 0 Å². The number of aldehydes is 2. The largest absolute Gasteiger partial charge is 0.385 e. The SMILES string of the molecule is CCCCCC(CC=O)CCCCC.CCCCCC(CC=O)CCCCC.CCN(C)CCC1COC(CCCCCCCCCOC)(CCCCCCCCCOC)O1. The molecule has 0 aromatic rings. The molecule has 1 heterocycles. The molecule has 0 bridgehead atoms. The average molecular weight is 868 g/mol. The number of nitrogens with zero attached hydrogens (tertiary/aromatic N) is 1. The van der Waals surface area contributed by atoms with Crippen molar-refractivity contribution in [2.24, 2.45) is 11.8 Å². The first-order valence-electron chi connectivity index (χ1n) is 26.7. The van der Waals surface area contributed by atoms with Crippen molar-refractivity contribution >= 4 is 12.6 Å². The first kappa shape index (κ1) is 62.2. The molecular weight excluding hydrogens is 759 g/mol. The van der Waals surface area contributed by atoms with Gasteiger partial charge in [-0.3, -0.25) is 0 Å². The second-order valence-electron chi connectivity index (χ2n) is 18.6. The molecule has 0 aromatic carbocycles. The first-order valence-corrected chi connectivity index (χ1v) is 26.7. The van der Waals surface area contributed by atoms with Crippen LogP contribution in [-0.4, -0.2) is 83.5 Å². The summed E-state index contributed by atoms with van der Waals surface area (Å²) < 4.78 is 23.3. The molecule has 0 amide bonds. The maximum atomic E-state index is 10.5. The Morgan fingerprint density at radius 3 is 1.23 bits per heavy atom. The van der Waals surface area contributed by atoms with Gasteiger partial charge in [0.1, 0.15) is 12.6 Å². The fourth-order valence-electron chi connectivity index (χ4n) is 8.48. The predicted octanol–water partition coefficient (Wildman–Crippen LogP) is 15.7. The molecule has 7 heteroatoms. The Labute approximate surface area is 382 Å². The molecule has 1 rings (SSSR count). The fraction of sp³-hybridized carbons (Fsp3) is 0.963. The van der Waals surface area contributed by atoms with Crippen molar-refractivity contribution in [3.63, 3.8) is 0 Å². The van der Waals surface area contributed by atoms with E-state index in [1.54, 1.807) is 14.2 Å². The maximum absolute atomic E-state index is 10.5. The number of carbonyl (C=O) groups excluding carboxylic acids is 2. The van der Waals surface area contributed by atoms with E-state index >= 15 is 0 Å². The summed E-state index contributed by atoms with van der Waals surface area (Å²) in [4.78, 5) is 23.3. The fourth-order valence-corrected chi connectivity index (χ4v) is 8.48. The number of methoxy groups -OCH3 is 2. The first-order chi connectivity index (χ1) is 29.8. The summed E-state index contributed by atoms with van der Waals surface area (Å²) in [6.07, 6.45) is 46.0. The standard InChI is InChI=1S/C28H57NO4.2C13H26O/c1-5-29(2)23-20-27-26-32-28(33-27,21-16-12-8-6-10-14-18-24-30-3)22-17-13-9-7-11-15-19-25-31-4;2*1-3-5-7-9-13(11-12-14)10-8-6-4-2/h27H,5-26H2,1-4H3;2*12-13H,3-11H2,1-2H3. The highest BCUT2D eigenvalue weighted by atomic mass is 16.7. The molecule has 0 N–H and O–H groups in total. The second-order valence-corrected chi connectivity index (χ2v) is 18.6. The number of rotatable bonds is 44. The Bertz CT molecular complexity index is 785. The smallest absolute Gasteiger partial charge is 0.168 e. The molecule has 61 heavy (non-hydrogen) atoms. The van der Waals surface area contributed by atoms with Crippen molar-refractivity contribution < 1.29 is 28.5 Å². The lowest BCUT2D eigenvalue weighted by Crippen LogP contribution is -2.32. The summed E-state index contributed by atoms with van der Waals surface area (Å²) in [5.41, 5.74) is 0. The van der Waals surface area contributed by atoms with Crippen LogP contribution in [0.5, 0.6) is 0 Å². The van der Waals surface area contributed by atoms with Crippen molar-refractivity contribution in [3.05, 3.63) is 0 Å². The molecular formula is C54H109NO6. The van der Waals surface area contributed by atoms with Crippen LogP contribution in [0.3, 0.4) is 0 Å². The highest BCUT2D eigenvalue weighted by Crippen LogP contribution is 2.36. The lowest BCUT2D eigenvalue weighted by Gasteiger charge is -2.29. The monoisotopic (exact) mass is 868 g/mol. The van der Waals surface area contributed by atoms with Gasteiger partial charge in [0.15, 0.2) is 5.79 Å². The minimum atomic E-state index is -0.313. The predicted molar refractivity (Wildman–Crippen MR) is 264 cm³/mol. The average Bonchev–Trinajstić information content (AvgIpc) is 3.68. The van der Waals surface area contributed by atoms with E-state index in [4.69, 9.17) is 18.9 Å². The highest BCUT2D eigenvalue weighted by molar-refractivity contribution is 5.49. The van der Waals surface area contributed by atoms with Gasteiger partial charge in [-0.05, 0) is 57.5 Å². The normalized spacial score (nSPS) is 14.6. The third-order valence-electron chi connectivity index (χ3n) is 12.8. The van der Waals surface area contributed by atoms with Gasteiger partial charge in [-0.15, -0.1) is 0 Å². The molecule has 1 aliphatic rings. The van der Waals surface area contributed by atoms with E-state index in [0.717, 1.165) is 77.6 Å². The van der Waals surface area contributed by atoms with E-state index < -0.39 is 0 Å². The molecule has 1 atom stereocenters. The van der Waals surface area contributed by atoms with Crippen LogP contribution < -0.4 is 0 Å². The highest BCUT2D eigenvalue weighted by Gasteiger charge is 2.40. The van der Waals surface area contributed by atoms with Gasteiger partial charge < -0.3 is 33.4 Å². The Hall–Kier alpha value is -0.860. The summed E-state index contributed by atoms with van der Waals surface area (Å²) in [7, 11) is 5.77. The molecule has 1 aliphatic heterocycles. The molecule has 7 nitrogen and oxygen atoms in total. The summed E-state index contributed by atoms with van der Waals surface area (Å²) in [6.45, 7) is 15.9. The molecule has 0 aliphatic carbocycles. The number of hydrogen-bond donors (Lipinski definition) is 0. The van der Waals surface area contributed by atoms with Crippen LogP contribution in [0, 0.1) is 11.8 Å². The van der Waals surface area contributed by atoms with Crippen LogP contribution in [0.15, 0.2) is 0 Å². The Morgan fingerprint density at radius 2 is 0.902 bits per heavy atom. The van der Waals surface area contributed by atoms with Gasteiger partial charge in [0, 0.05) is 59.7 Å². The summed E-state index contributed by atoms with van der Waals surface area (Å²) >= 11 is 0. The van der Waals surface area contributed by atoms with E-state index in [1.165, 1.54) is 193 Å². The van der Waals surface area contributed by atoms with E-state index in [0.29, 0.717) is 11.8 Å². The molecule has 1 fully saturated rings. The lowest BCUT2D eigenvalue weighted by molar-refractivity contribution is -0.180. The van der Waals surface area contributed by atoms with Gasteiger partial charge >= 0.3 is 0 Å². The van der Waals surface area contributed by atoms with E-state index in [-0.39, 0.29) is 11.9 Å². The van der Waals surface area contributed by atoms with Gasteiger partial charge in [-0.1, -0.05) is 202 Å². The second kappa shape index (κ2) is 50.1. The number of hydrogen-bond acceptors (Lipinski definition) is 7. The molecule has 1 unspecified atom stereocenters. The Kier molecular flexibility index (Phi) is 51.2. The Balaban J connectivity index is 0. The number of unbranched alkanes of at least 4 members (excludes halogenated alkanes) is 20. The zero-order valence-electron chi connectivity index (χ0n) is 42.6. The van der Waals surface area contributed by atoms with Gasteiger partial charge in [0.25, 0.3) is 0 Å². The molecule has 366 valence electrons. The molecule has 0 aromatic heterocycles. The van der Waals surface area contributed by atoms with Crippen LogP contribution in [0.25, 0.3) is 0 Å². The summed E-state index contributed by atoms with van der Waals surface area (Å²) in [6, 6.07) is 0. The van der Waals surface area contributed by atoms with Gasteiger partial charge in [0.2, 0.25) is 0 Å². The lowest BCUT2D eigenvalue weighted by atomic mass is 9.93. The van der Waals surface area contributed by atoms with Crippen LogP contribution in [0.1, 0.15) is 259 Å². The zero-order valence-corrected chi connectivity index (χ0v) is 42.6. The molecule has 0 saturated carbocycles. The number of carbonyl (C=O) groups is 2. The molecule has 1 saturated heterocycles. The third-order valence-corrected chi connectivity index (χ3v) is 12.8. The van der Waals surface area contributed by atoms with Gasteiger partial charge in [-0.25, -0.2) is 0 Å². The molecule has 0 radical (unpaired) electrons. The van der Waals surface area contributed by atoms with Crippen LogP contribution in [0.2, 0.25) is 0 Å². The topological polar surface area (TPSA) is 74.3 Å². The van der Waals surface area contributed by atoms with E-state index in [1.807, 2.05) is 0 Å². The van der Waals surface area contributed by atoms with Gasteiger partial charge in [-0.2, -0.15) is 0 Å². The summed E-state index contributed by atoms with van der Waals surface area (Å²) in [5.74, 6) is 1.03. The number of ether oxygens (including phenoxy) is 4. The van der Waals surface area contributed by atoms with E-state index in [2.05, 4.69) is 46.6 Å². The minimum Gasteiger partial charge on any atom is -0.385 e. The zero-order chi connectivity index (χ0) is 45.3. The molecule has 0 spiro atoms. The van der Waals surface area contributed by atoms with Crippen LogP contribution >= 0.6 is 0 Å². The van der Waals surface area contributed by atoms with Crippen LogP contribution in [0.4, 0.5) is 0 Å². The Morgan fingerprint density at radius 1 is 0.541 bits per heavy atom. The third kappa shape index (κ3) is 42.8. The minimum absolute atomic E-state index is 0.264.